The molecule has 0 radical (unpaired) electrons. The van der Waals surface area contributed by atoms with Crippen molar-refractivity contribution in [2.45, 2.75) is 309 Å². The van der Waals surface area contributed by atoms with Gasteiger partial charge in [-0.3, -0.25) is 4.79 Å². The first-order valence-corrected chi connectivity index (χ1v) is 35.3. The van der Waals surface area contributed by atoms with E-state index in [1.54, 1.807) is 0 Å². The number of Topliss-reactive ketones (excluding diaryl/α,β-unsaturated/α-hetero) is 1. The molecule has 10 aliphatic rings. The Hall–Kier alpha value is -1.87. The number of carbonyl (C=O) groups is 1. The van der Waals surface area contributed by atoms with Crippen LogP contribution in [-0.4, -0.2) is 348 Å². The molecule has 578 valence electrons. The van der Waals surface area contributed by atoms with Crippen LogP contribution in [0.5, 0.6) is 0 Å². The maximum Gasteiger partial charge on any atom is 0.187 e. The van der Waals surface area contributed by atoms with E-state index in [2.05, 4.69) is 33.8 Å². The van der Waals surface area contributed by atoms with Crippen molar-refractivity contribution >= 4 is 5.78 Å². The Kier molecular flexibility index (Phi) is 25.3. The highest BCUT2D eigenvalue weighted by atomic mass is 16.8. The molecule has 0 aromatic rings. The van der Waals surface area contributed by atoms with Crippen molar-refractivity contribution in [3.05, 3.63) is 11.6 Å². The van der Waals surface area contributed by atoms with Crippen LogP contribution < -0.4 is 0 Å². The normalized spacial score (nSPS) is 51.3. The second-order valence-corrected chi connectivity index (χ2v) is 31.8. The van der Waals surface area contributed by atoms with Crippen LogP contribution in [-0.2, 0) is 56.9 Å². The summed E-state index contributed by atoms with van der Waals surface area (Å²) in [5.74, 6) is -1.43. The fraction of sp³-hybridized carbons (Fsp3) is 0.955. The summed E-state index contributed by atoms with van der Waals surface area (Å²) in [6.45, 7) is 11.4. The minimum atomic E-state index is -1.99. The molecule has 21 N–H and O–H groups in total. The van der Waals surface area contributed by atoms with Crippen molar-refractivity contribution in [1.29, 1.82) is 0 Å². The Morgan fingerprint density at radius 2 is 0.960 bits per heavy atom. The zero-order chi connectivity index (χ0) is 73.5. The van der Waals surface area contributed by atoms with Gasteiger partial charge in [0, 0.05) is 23.2 Å². The molecule has 0 aromatic heterocycles. The Morgan fingerprint density at radius 3 is 1.46 bits per heavy atom. The molecule has 0 aromatic carbocycles. The summed E-state index contributed by atoms with van der Waals surface area (Å²) in [4.78, 5) is 15.6. The largest absolute Gasteiger partial charge is 0.394 e. The predicted molar refractivity (Wildman–Crippen MR) is 335 cm³/mol. The topological polar surface area (TPSA) is 543 Å². The lowest BCUT2D eigenvalue weighted by molar-refractivity contribution is -0.380. The Balaban J connectivity index is 0.853. The van der Waals surface area contributed by atoms with E-state index in [9.17, 15) is 107 Å². The molecule has 5 aliphatic carbocycles. The lowest BCUT2D eigenvalue weighted by Crippen LogP contribution is -2.65. The second-order valence-electron chi connectivity index (χ2n) is 31.8. The lowest BCUT2D eigenvalue weighted by Gasteiger charge is -2.65. The highest BCUT2D eigenvalue weighted by Gasteiger charge is 2.71. The average molecular weight is 1450 g/mol. The molecule has 0 amide bonds. The molecule has 33 heteroatoms. The van der Waals surface area contributed by atoms with E-state index in [-0.39, 0.29) is 48.7 Å². The van der Waals surface area contributed by atoms with Crippen LogP contribution in [0.1, 0.15) is 113 Å². The summed E-state index contributed by atoms with van der Waals surface area (Å²) in [5.41, 5.74) is -3.29. The third-order valence-electron chi connectivity index (χ3n) is 25.2. The number of rotatable bonds is 23. The van der Waals surface area contributed by atoms with E-state index < -0.39 is 263 Å². The summed E-state index contributed by atoms with van der Waals surface area (Å²) in [6, 6.07) is 0. The van der Waals surface area contributed by atoms with Crippen molar-refractivity contribution in [2.75, 3.05) is 39.6 Å². The Morgan fingerprint density at radius 1 is 0.510 bits per heavy atom. The van der Waals surface area contributed by atoms with Gasteiger partial charge >= 0.3 is 0 Å². The summed E-state index contributed by atoms with van der Waals surface area (Å²) in [5, 5.41) is 226. The van der Waals surface area contributed by atoms with E-state index in [1.807, 2.05) is 13.8 Å². The smallest absolute Gasteiger partial charge is 0.187 e. The molecular weight excluding hydrogens is 1330 g/mol. The van der Waals surface area contributed by atoms with Gasteiger partial charge < -0.3 is 159 Å². The number of hydrogen-bond donors (Lipinski definition) is 21. The van der Waals surface area contributed by atoms with E-state index in [1.165, 1.54) is 13.8 Å². The monoisotopic (exact) mass is 1440 g/mol. The summed E-state index contributed by atoms with van der Waals surface area (Å²) in [7, 11) is 0. The van der Waals surface area contributed by atoms with Crippen LogP contribution in [0.3, 0.4) is 0 Å². The molecule has 5 aliphatic heterocycles. The number of carbonyl (C=O) groups excluding carboxylic acids is 1. The summed E-state index contributed by atoms with van der Waals surface area (Å²) >= 11 is 0. The third kappa shape index (κ3) is 14.7. The maximum atomic E-state index is 15.6. The molecule has 5 saturated heterocycles. The molecule has 10 rings (SSSR count). The standard InChI is InChI=1S/C67H112O33/c1-25(9-13-39(64(4,5)89)98-62-57(100-61-55(88)49(82)44(77)34(22-71)96-61)51(84)45(78)35(97-62)24-91-59-53(86)47(80)42(75)32(20-69)94-59)27-15-16-65(6)36-12-10-28-29(67(36,8)37(72)18-66(27,65)7)11-14-38(63(28,2)3)92-30-17-26(23-90-58-52(85)46(79)41(74)31(19-68)93-58)40(73)50(83)56(30)99-60-54(87)48(81)43(76)33(21-70)95-60/h10,25-27,29-36,38-62,68-71,73-89H,9,11-24H2,1-8H3/t25-,26-,27?,29?,30-,31-,32-,33-,34-,35-,36?,38+,39-,40-,41-,42-,43-,44-,45-,46+,47+,48+,49+,50+,51+,52-,53-,54-,55-,56+,57-,58-,59-,60+,61+,62+,65+,66-,67+/m1/s1. The van der Waals surface area contributed by atoms with E-state index in [0.717, 1.165) is 18.4 Å². The lowest BCUT2D eigenvalue weighted by atomic mass is 9.38. The van der Waals surface area contributed by atoms with Crippen molar-refractivity contribution < 1.29 is 164 Å². The van der Waals surface area contributed by atoms with E-state index in [4.69, 9.17) is 52.1 Å². The van der Waals surface area contributed by atoms with Gasteiger partial charge in [-0.05, 0) is 99.7 Å². The van der Waals surface area contributed by atoms with Crippen LogP contribution in [0.4, 0.5) is 0 Å². The zero-order valence-corrected chi connectivity index (χ0v) is 57.8. The first-order valence-electron chi connectivity index (χ1n) is 35.3. The fourth-order valence-electron chi connectivity index (χ4n) is 18.7. The summed E-state index contributed by atoms with van der Waals surface area (Å²) in [6.07, 6.45) is -45.3. The maximum absolute atomic E-state index is 15.6. The Bertz CT molecular complexity index is 2720. The van der Waals surface area contributed by atoms with Gasteiger partial charge in [0.1, 0.15) is 140 Å². The first kappa shape index (κ1) is 80.7. The highest BCUT2D eigenvalue weighted by Crippen LogP contribution is 2.74. The van der Waals surface area contributed by atoms with Gasteiger partial charge in [0.15, 0.2) is 31.5 Å². The number of hydrogen-bond acceptors (Lipinski definition) is 33. The molecule has 0 bridgehead atoms. The van der Waals surface area contributed by atoms with Gasteiger partial charge in [0.05, 0.1) is 69.7 Å². The number of aliphatic hydroxyl groups excluding tert-OH is 20. The molecule has 0 spiro atoms. The van der Waals surface area contributed by atoms with Crippen LogP contribution in [0, 0.1) is 51.2 Å². The SMILES string of the molecule is C[C@H](CC[C@@H](O[C@@H]1O[C@H](CO[C@@H]2O[C@H](CO)[C@@H](O)[C@H](O)[C@H]2O)[C@@H](O)[C@H](O)[C@H]1O[C@@H]1O[C@H](CO)[C@@H](O)[C@H](O)[C@H]1O)C(C)(C)O)C1CC[C@@]2(C)C3CC=C4C(CC[C@H](O[C@@H]5C[C@H](CO[C@@H]6O[C@H](CO)[C@@H](O)[C@H](O)[C@H]6O)[C@@H](O)[C@H](O)[C@H]5O[C@@H]5O[C@H](CO)[C@@H](O)[C@H](O)[C@H]5O)C4(C)C)[C@]3(C)C(=O)C[C@]12C. The number of allylic oxidation sites excluding steroid dienone is 1. The van der Waals surface area contributed by atoms with E-state index in [0.29, 0.717) is 25.7 Å². The number of ether oxygens (including phenoxy) is 11. The predicted octanol–water partition coefficient (Wildman–Crippen LogP) is -6.71. The Labute approximate surface area is 579 Å². The quantitative estimate of drug-likeness (QED) is 0.0423. The second kappa shape index (κ2) is 31.4. The zero-order valence-electron chi connectivity index (χ0n) is 57.8. The van der Waals surface area contributed by atoms with Crippen molar-refractivity contribution in [1.82, 2.24) is 0 Å². The average Bonchev–Trinajstić information content (AvgIpc) is 1.33. The molecule has 3 unspecified atom stereocenters. The van der Waals surface area contributed by atoms with Crippen molar-refractivity contribution in [3.8, 4) is 0 Å². The number of fused-ring (bicyclic) bond motifs is 5. The van der Waals surface area contributed by atoms with Gasteiger partial charge in [-0.2, -0.15) is 0 Å². The van der Waals surface area contributed by atoms with Crippen LogP contribution >= 0.6 is 0 Å². The molecule has 5 heterocycles. The van der Waals surface area contributed by atoms with Gasteiger partial charge in [0.2, 0.25) is 0 Å². The molecule has 9 fully saturated rings. The third-order valence-corrected chi connectivity index (χ3v) is 25.2. The minimum Gasteiger partial charge on any atom is -0.394 e. The molecule has 100 heavy (non-hydrogen) atoms. The number of aliphatic hydroxyl groups is 21. The molecule has 33 nitrogen and oxygen atoms in total. The minimum absolute atomic E-state index is 0.0394. The van der Waals surface area contributed by atoms with Crippen LogP contribution in [0.25, 0.3) is 0 Å². The van der Waals surface area contributed by atoms with Crippen LogP contribution in [0.15, 0.2) is 11.6 Å². The van der Waals surface area contributed by atoms with E-state index >= 15 is 4.79 Å². The van der Waals surface area contributed by atoms with Crippen molar-refractivity contribution in [3.63, 3.8) is 0 Å². The van der Waals surface area contributed by atoms with Crippen molar-refractivity contribution in [2.24, 2.45) is 51.2 Å². The van der Waals surface area contributed by atoms with Gasteiger partial charge in [-0.1, -0.05) is 53.2 Å². The fourth-order valence-corrected chi connectivity index (χ4v) is 18.7. The molecule has 4 saturated carbocycles. The first-order chi connectivity index (χ1) is 46.9. The van der Waals surface area contributed by atoms with Gasteiger partial charge in [-0.15, -0.1) is 0 Å². The van der Waals surface area contributed by atoms with Crippen LogP contribution in [0.2, 0.25) is 0 Å². The molecule has 39 atom stereocenters. The van der Waals surface area contributed by atoms with Gasteiger partial charge in [-0.25, -0.2) is 0 Å². The van der Waals surface area contributed by atoms with Gasteiger partial charge in [0.25, 0.3) is 0 Å². The highest BCUT2D eigenvalue weighted by molar-refractivity contribution is 5.88. The summed E-state index contributed by atoms with van der Waals surface area (Å²) < 4.78 is 66.1. The molecular formula is C67H112O33. The number of ketones is 1.